The molecule has 18 heavy (non-hydrogen) atoms. The molecule has 0 spiro atoms. The minimum absolute atomic E-state index is 0.175. The molecular weight excluding hydrogens is 254 g/mol. The number of sulfonamides is 1. The van der Waals surface area contributed by atoms with Gasteiger partial charge in [0.25, 0.3) is 10.0 Å². The van der Waals surface area contributed by atoms with E-state index in [2.05, 4.69) is 19.7 Å². The fourth-order valence-corrected chi connectivity index (χ4v) is 2.95. The van der Waals surface area contributed by atoms with E-state index in [9.17, 15) is 8.42 Å². The average Bonchev–Trinajstić information content (AvgIpc) is 2.97. The zero-order valence-electron chi connectivity index (χ0n) is 9.38. The molecule has 0 atom stereocenters. The Labute approximate surface area is 104 Å². The van der Waals surface area contributed by atoms with E-state index < -0.39 is 10.0 Å². The van der Waals surface area contributed by atoms with E-state index >= 15 is 0 Å². The molecule has 1 aromatic heterocycles. The highest BCUT2D eigenvalue weighted by Crippen LogP contribution is 2.25. The van der Waals surface area contributed by atoms with Crippen molar-refractivity contribution in [2.24, 2.45) is 0 Å². The van der Waals surface area contributed by atoms with E-state index in [0.717, 1.165) is 24.2 Å². The lowest BCUT2D eigenvalue weighted by molar-refractivity contribution is 0.423. The standard InChI is InChI=1S/C11H11N3O3S/c15-18(16,14-11-4-6-17-13-11)9-1-2-10-8(7-9)3-5-12-10/h1-2,4,6-7,12H,3,5H2,(H,13,14). The van der Waals surface area contributed by atoms with Crippen molar-refractivity contribution in [3.63, 3.8) is 0 Å². The van der Waals surface area contributed by atoms with Gasteiger partial charge in [-0.3, -0.25) is 4.72 Å². The number of rotatable bonds is 3. The number of hydrogen-bond acceptors (Lipinski definition) is 5. The van der Waals surface area contributed by atoms with Gasteiger partial charge < -0.3 is 9.84 Å². The average molecular weight is 265 g/mol. The first-order valence-electron chi connectivity index (χ1n) is 5.45. The molecule has 0 amide bonds. The van der Waals surface area contributed by atoms with Crippen molar-refractivity contribution in [3.05, 3.63) is 36.1 Å². The highest BCUT2D eigenvalue weighted by molar-refractivity contribution is 7.92. The Morgan fingerprint density at radius 3 is 3.00 bits per heavy atom. The molecule has 0 bridgehead atoms. The molecular formula is C11H11N3O3S. The van der Waals surface area contributed by atoms with Crippen LogP contribution in [0.2, 0.25) is 0 Å². The predicted molar refractivity (Wildman–Crippen MR) is 65.9 cm³/mol. The molecule has 0 aliphatic carbocycles. The van der Waals surface area contributed by atoms with Gasteiger partial charge in [-0.1, -0.05) is 5.16 Å². The molecule has 0 saturated heterocycles. The second-order valence-corrected chi connectivity index (χ2v) is 5.67. The Morgan fingerprint density at radius 2 is 2.22 bits per heavy atom. The number of fused-ring (bicyclic) bond motifs is 1. The number of benzene rings is 1. The molecule has 2 heterocycles. The molecule has 6 nitrogen and oxygen atoms in total. The van der Waals surface area contributed by atoms with Crippen molar-refractivity contribution in [2.75, 3.05) is 16.6 Å². The highest BCUT2D eigenvalue weighted by atomic mass is 32.2. The Kier molecular flexibility index (Phi) is 2.48. The Hall–Kier alpha value is -2.02. The van der Waals surface area contributed by atoms with Crippen LogP contribution < -0.4 is 10.0 Å². The molecule has 0 fully saturated rings. The molecule has 2 N–H and O–H groups in total. The van der Waals surface area contributed by atoms with Gasteiger partial charge in [-0.05, 0) is 30.2 Å². The van der Waals surface area contributed by atoms with Crippen LogP contribution in [0.4, 0.5) is 11.5 Å². The van der Waals surface area contributed by atoms with Gasteiger partial charge in [0.1, 0.15) is 6.26 Å². The van der Waals surface area contributed by atoms with Crippen LogP contribution in [0.3, 0.4) is 0 Å². The van der Waals surface area contributed by atoms with Gasteiger partial charge in [-0.2, -0.15) is 0 Å². The molecule has 1 aliphatic heterocycles. The summed E-state index contributed by atoms with van der Waals surface area (Å²) < 4.78 is 31.1. The molecule has 7 heteroatoms. The lowest BCUT2D eigenvalue weighted by Crippen LogP contribution is -2.13. The third kappa shape index (κ3) is 1.92. The third-order valence-electron chi connectivity index (χ3n) is 2.77. The molecule has 3 rings (SSSR count). The maximum Gasteiger partial charge on any atom is 0.263 e. The zero-order valence-corrected chi connectivity index (χ0v) is 10.2. The highest BCUT2D eigenvalue weighted by Gasteiger charge is 2.19. The Morgan fingerprint density at radius 1 is 1.33 bits per heavy atom. The topological polar surface area (TPSA) is 84.2 Å². The van der Waals surface area contributed by atoms with Crippen molar-refractivity contribution in [2.45, 2.75) is 11.3 Å². The van der Waals surface area contributed by atoms with Crippen LogP contribution in [0.25, 0.3) is 0 Å². The second-order valence-electron chi connectivity index (χ2n) is 3.99. The molecule has 1 aliphatic rings. The number of nitrogens with one attached hydrogen (secondary N) is 2. The van der Waals surface area contributed by atoms with Crippen molar-refractivity contribution in [1.29, 1.82) is 0 Å². The molecule has 0 unspecified atom stereocenters. The van der Waals surface area contributed by atoms with Gasteiger partial charge >= 0.3 is 0 Å². The van der Waals surface area contributed by atoms with Crippen LogP contribution >= 0.6 is 0 Å². The number of nitrogens with zero attached hydrogens (tertiary/aromatic N) is 1. The van der Waals surface area contributed by atoms with Gasteiger partial charge in [0.2, 0.25) is 0 Å². The fraction of sp³-hybridized carbons (Fsp3) is 0.182. The van der Waals surface area contributed by atoms with E-state index in [-0.39, 0.29) is 10.7 Å². The number of anilines is 2. The molecule has 2 aromatic rings. The van der Waals surface area contributed by atoms with E-state index in [1.54, 1.807) is 18.2 Å². The number of aromatic nitrogens is 1. The molecule has 1 aromatic carbocycles. The van der Waals surface area contributed by atoms with Crippen LogP contribution in [0.15, 0.2) is 39.9 Å². The van der Waals surface area contributed by atoms with Crippen molar-refractivity contribution < 1.29 is 12.9 Å². The van der Waals surface area contributed by atoms with Crippen molar-refractivity contribution in [3.8, 4) is 0 Å². The summed E-state index contributed by atoms with van der Waals surface area (Å²) in [6.07, 6.45) is 2.15. The molecule has 0 saturated carbocycles. The largest absolute Gasteiger partial charge is 0.384 e. The van der Waals surface area contributed by atoms with Gasteiger partial charge in [-0.25, -0.2) is 8.42 Å². The van der Waals surface area contributed by atoms with E-state index in [4.69, 9.17) is 0 Å². The van der Waals surface area contributed by atoms with Crippen molar-refractivity contribution >= 4 is 21.5 Å². The second kappa shape index (κ2) is 4.02. The van der Waals surface area contributed by atoms with Gasteiger partial charge in [-0.15, -0.1) is 0 Å². The van der Waals surface area contributed by atoms with Crippen LogP contribution in [0, 0.1) is 0 Å². The quantitative estimate of drug-likeness (QED) is 0.877. The van der Waals surface area contributed by atoms with E-state index in [0.29, 0.717) is 0 Å². The summed E-state index contributed by atoms with van der Waals surface area (Å²) in [7, 11) is -3.61. The first-order chi connectivity index (χ1) is 8.65. The summed E-state index contributed by atoms with van der Waals surface area (Å²) in [4.78, 5) is 0.230. The lowest BCUT2D eigenvalue weighted by Gasteiger charge is -2.06. The maximum atomic E-state index is 12.1. The minimum atomic E-state index is -3.61. The number of hydrogen-bond donors (Lipinski definition) is 2. The van der Waals surface area contributed by atoms with E-state index in [1.807, 2.05) is 0 Å². The van der Waals surface area contributed by atoms with Crippen LogP contribution in [-0.2, 0) is 16.4 Å². The normalized spacial score (nSPS) is 14.0. The van der Waals surface area contributed by atoms with E-state index in [1.165, 1.54) is 12.3 Å². The van der Waals surface area contributed by atoms with Crippen molar-refractivity contribution in [1.82, 2.24) is 5.16 Å². The fourth-order valence-electron chi connectivity index (χ4n) is 1.91. The summed E-state index contributed by atoms with van der Waals surface area (Å²) in [6, 6.07) is 6.48. The van der Waals surface area contributed by atoms with Crippen LogP contribution in [0.1, 0.15) is 5.56 Å². The smallest absolute Gasteiger partial charge is 0.263 e. The lowest BCUT2D eigenvalue weighted by atomic mass is 10.2. The predicted octanol–water partition coefficient (Wildman–Crippen LogP) is 1.44. The van der Waals surface area contributed by atoms with Crippen LogP contribution in [-0.4, -0.2) is 20.1 Å². The Bertz CT molecular complexity index is 665. The zero-order chi connectivity index (χ0) is 12.6. The van der Waals surface area contributed by atoms with Gasteiger partial charge in [0, 0.05) is 18.3 Å². The van der Waals surface area contributed by atoms with Crippen LogP contribution in [0.5, 0.6) is 0 Å². The minimum Gasteiger partial charge on any atom is -0.384 e. The molecule has 0 radical (unpaired) electrons. The summed E-state index contributed by atoms with van der Waals surface area (Å²) in [5, 5.41) is 6.70. The third-order valence-corrected chi connectivity index (χ3v) is 4.13. The SMILES string of the molecule is O=S(=O)(Nc1ccon1)c1ccc2c(c1)CCN2. The maximum absolute atomic E-state index is 12.1. The Balaban J connectivity index is 1.94. The van der Waals surface area contributed by atoms with Gasteiger partial charge in [0.05, 0.1) is 4.90 Å². The van der Waals surface area contributed by atoms with Gasteiger partial charge in [0.15, 0.2) is 5.82 Å². The summed E-state index contributed by atoms with van der Waals surface area (Å²) >= 11 is 0. The monoisotopic (exact) mass is 265 g/mol. The first kappa shape index (κ1) is 11.1. The summed E-state index contributed by atoms with van der Waals surface area (Å²) in [6.45, 7) is 0.843. The summed E-state index contributed by atoms with van der Waals surface area (Å²) in [5.41, 5.74) is 2.01. The summed E-state index contributed by atoms with van der Waals surface area (Å²) in [5.74, 6) is 0.175. The molecule has 94 valence electrons. The first-order valence-corrected chi connectivity index (χ1v) is 6.93.